The fourth-order valence-corrected chi connectivity index (χ4v) is 1.46. The maximum absolute atomic E-state index is 5.88. The van der Waals surface area contributed by atoms with E-state index in [0.29, 0.717) is 16.3 Å². The lowest BCUT2D eigenvalue weighted by molar-refractivity contribution is 0.419. The average molecular weight is 210 g/mol. The topological polar surface area (TPSA) is 61.0 Å². The summed E-state index contributed by atoms with van der Waals surface area (Å²) in [5.74, 6) is 0.819. The fourth-order valence-electron chi connectivity index (χ4n) is 1.25. The summed E-state index contributed by atoms with van der Waals surface area (Å²) in [7, 11) is 1.56. The summed E-state index contributed by atoms with van der Waals surface area (Å²) in [4.78, 5) is 7.95. The molecule has 0 aliphatic carbocycles. The van der Waals surface area contributed by atoms with Crippen LogP contribution in [0.3, 0.4) is 0 Å². The molecule has 0 amide bonds. The number of nitrogens with two attached hydrogens (primary N) is 1. The normalized spacial score (nSPS) is 10.4. The summed E-state index contributed by atoms with van der Waals surface area (Å²) < 4.78 is 5.13. The number of hydrogen-bond donors (Lipinski definition) is 1. The molecule has 1 aromatic heterocycles. The average Bonchev–Trinajstić information content (AvgIpc) is 2.17. The van der Waals surface area contributed by atoms with Gasteiger partial charge in [-0.2, -0.15) is 0 Å². The maximum Gasteiger partial charge on any atom is 0.220 e. The quantitative estimate of drug-likeness (QED) is 0.779. The first kappa shape index (κ1) is 9.02. The molecule has 0 unspecified atom stereocenters. The largest absolute Gasteiger partial charge is 0.494 e. The highest BCUT2D eigenvalue weighted by Crippen LogP contribution is 2.27. The van der Waals surface area contributed by atoms with Gasteiger partial charge in [-0.15, -0.1) is 0 Å². The highest BCUT2D eigenvalue weighted by molar-refractivity contribution is 6.31. The van der Waals surface area contributed by atoms with Crippen molar-refractivity contribution in [1.82, 2.24) is 9.97 Å². The van der Waals surface area contributed by atoms with E-state index in [9.17, 15) is 0 Å². The van der Waals surface area contributed by atoms with Crippen LogP contribution in [0.2, 0.25) is 5.02 Å². The van der Waals surface area contributed by atoms with Gasteiger partial charge in [0.15, 0.2) is 0 Å². The molecule has 0 atom stereocenters. The van der Waals surface area contributed by atoms with Gasteiger partial charge in [0.1, 0.15) is 11.3 Å². The minimum absolute atomic E-state index is 0.220. The Labute approximate surface area is 85.7 Å². The molecule has 72 valence electrons. The summed E-state index contributed by atoms with van der Waals surface area (Å²) >= 11 is 5.88. The molecular formula is C9H8ClN3O. The van der Waals surface area contributed by atoms with E-state index in [1.165, 1.54) is 0 Å². The van der Waals surface area contributed by atoms with Crippen LogP contribution in [-0.2, 0) is 0 Å². The zero-order valence-electron chi connectivity index (χ0n) is 7.49. The molecule has 0 saturated carbocycles. The number of benzene rings is 1. The van der Waals surface area contributed by atoms with Crippen LogP contribution in [0, 0.1) is 0 Å². The molecule has 2 rings (SSSR count). The van der Waals surface area contributed by atoms with Gasteiger partial charge < -0.3 is 10.5 Å². The minimum Gasteiger partial charge on any atom is -0.494 e. The van der Waals surface area contributed by atoms with E-state index in [0.717, 1.165) is 5.39 Å². The molecule has 0 spiro atoms. The van der Waals surface area contributed by atoms with E-state index in [2.05, 4.69) is 9.97 Å². The number of halogens is 1. The highest BCUT2D eigenvalue weighted by Gasteiger charge is 2.05. The van der Waals surface area contributed by atoms with Gasteiger partial charge in [0, 0.05) is 22.7 Å². The van der Waals surface area contributed by atoms with Gasteiger partial charge in [0.25, 0.3) is 0 Å². The molecular weight excluding hydrogens is 202 g/mol. The van der Waals surface area contributed by atoms with Gasteiger partial charge >= 0.3 is 0 Å². The minimum atomic E-state index is 0.220. The van der Waals surface area contributed by atoms with Crippen molar-refractivity contribution in [2.75, 3.05) is 12.8 Å². The SMILES string of the molecule is COc1cc(Cl)cc2cnc(N)nc12. The van der Waals surface area contributed by atoms with Crippen LogP contribution in [0.4, 0.5) is 5.95 Å². The first-order chi connectivity index (χ1) is 6.70. The van der Waals surface area contributed by atoms with Crippen molar-refractivity contribution in [3.63, 3.8) is 0 Å². The molecule has 0 fully saturated rings. The van der Waals surface area contributed by atoms with E-state index in [1.54, 1.807) is 25.4 Å². The number of fused-ring (bicyclic) bond motifs is 1. The number of nitrogens with zero attached hydrogens (tertiary/aromatic N) is 2. The standard InChI is InChI=1S/C9H8ClN3O/c1-14-7-3-6(10)2-5-4-12-9(11)13-8(5)7/h2-4H,1H3,(H2,11,12,13). The molecule has 0 radical (unpaired) electrons. The molecule has 2 aromatic rings. The Morgan fingerprint density at radius 2 is 2.21 bits per heavy atom. The third-order valence-electron chi connectivity index (χ3n) is 1.85. The number of hydrogen-bond acceptors (Lipinski definition) is 4. The third-order valence-corrected chi connectivity index (χ3v) is 2.07. The predicted octanol–water partition coefficient (Wildman–Crippen LogP) is 1.87. The Kier molecular flexibility index (Phi) is 2.13. The highest BCUT2D eigenvalue weighted by atomic mass is 35.5. The fraction of sp³-hybridized carbons (Fsp3) is 0.111. The zero-order valence-corrected chi connectivity index (χ0v) is 8.25. The van der Waals surface area contributed by atoms with Crippen molar-refractivity contribution in [2.24, 2.45) is 0 Å². The molecule has 0 aliphatic heterocycles. The van der Waals surface area contributed by atoms with Gasteiger partial charge in [0.05, 0.1) is 7.11 Å². The Hall–Kier alpha value is -1.55. The number of aromatic nitrogens is 2. The Morgan fingerprint density at radius 1 is 1.43 bits per heavy atom. The zero-order chi connectivity index (χ0) is 10.1. The number of ether oxygens (including phenoxy) is 1. The molecule has 0 saturated heterocycles. The molecule has 1 heterocycles. The van der Waals surface area contributed by atoms with E-state index in [-0.39, 0.29) is 5.95 Å². The predicted molar refractivity (Wildman–Crippen MR) is 55.5 cm³/mol. The monoisotopic (exact) mass is 209 g/mol. The Morgan fingerprint density at radius 3 is 2.93 bits per heavy atom. The first-order valence-corrected chi connectivity index (χ1v) is 4.34. The Balaban J connectivity index is 2.81. The number of anilines is 1. The number of nitrogen functional groups attached to an aromatic ring is 1. The first-order valence-electron chi connectivity index (χ1n) is 3.96. The summed E-state index contributed by atoms with van der Waals surface area (Å²) in [5.41, 5.74) is 6.15. The van der Waals surface area contributed by atoms with Crippen LogP contribution in [-0.4, -0.2) is 17.1 Å². The van der Waals surface area contributed by atoms with Crippen molar-refractivity contribution in [2.45, 2.75) is 0 Å². The molecule has 2 N–H and O–H groups in total. The van der Waals surface area contributed by atoms with Crippen molar-refractivity contribution >= 4 is 28.5 Å². The van der Waals surface area contributed by atoms with Crippen LogP contribution in [0.15, 0.2) is 18.3 Å². The summed E-state index contributed by atoms with van der Waals surface area (Å²) in [5, 5.41) is 1.39. The molecule has 1 aromatic carbocycles. The summed E-state index contributed by atoms with van der Waals surface area (Å²) in [6, 6.07) is 3.45. The van der Waals surface area contributed by atoms with E-state index >= 15 is 0 Å². The van der Waals surface area contributed by atoms with Crippen LogP contribution < -0.4 is 10.5 Å². The smallest absolute Gasteiger partial charge is 0.220 e. The van der Waals surface area contributed by atoms with Gasteiger partial charge in [0.2, 0.25) is 5.95 Å². The second kappa shape index (κ2) is 3.31. The van der Waals surface area contributed by atoms with Gasteiger partial charge in [-0.3, -0.25) is 0 Å². The van der Waals surface area contributed by atoms with Crippen LogP contribution in [0.25, 0.3) is 10.9 Å². The lowest BCUT2D eigenvalue weighted by Gasteiger charge is -2.05. The molecule has 14 heavy (non-hydrogen) atoms. The van der Waals surface area contributed by atoms with Crippen LogP contribution in [0.5, 0.6) is 5.75 Å². The second-order valence-electron chi connectivity index (χ2n) is 2.77. The third kappa shape index (κ3) is 1.44. The number of methoxy groups -OCH3 is 1. The van der Waals surface area contributed by atoms with Gasteiger partial charge in [-0.1, -0.05) is 11.6 Å². The summed E-state index contributed by atoms with van der Waals surface area (Å²) in [6.07, 6.45) is 1.62. The van der Waals surface area contributed by atoms with E-state index < -0.39 is 0 Å². The molecule has 0 aliphatic rings. The number of rotatable bonds is 1. The lowest BCUT2D eigenvalue weighted by atomic mass is 10.2. The summed E-state index contributed by atoms with van der Waals surface area (Å²) in [6.45, 7) is 0. The maximum atomic E-state index is 5.88. The lowest BCUT2D eigenvalue weighted by Crippen LogP contribution is -1.96. The van der Waals surface area contributed by atoms with Crippen molar-refractivity contribution in [1.29, 1.82) is 0 Å². The van der Waals surface area contributed by atoms with Crippen molar-refractivity contribution in [3.05, 3.63) is 23.4 Å². The molecule has 4 nitrogen and oxygen atoms in total. The van der Waals surface area contributed by atoms with E-state index in [1.807, 2.05) is 0 Å². The van der Waals surface area contributed by atoms with Gasteiger partial charge in [-0.25, -0.2) is 9.97 Å². The Bertz CT molecular complexity index is 487. The molecule has 0 bridgehead atoms. The van der Waals surface area contributed by atoms with Crippen LogP contribution >= 0.6 is 11.6 Å². The van der Waals surface area contributed by atoms with E-state index in [4.69, 9.17) is 22.1 Å². The van der Waals surface area contributed by atoms with Crippen molar-refractivity contribution in [3.8, 4) is 5.75 Å². The second-order valence-corrected chi connectivity index (χ2v) is 3.21. The van der Waals surface area contributed by atoms with Crippen molar-refractivity contribution < 1.29 is 4.74 Å². The van der Waals surface area contributed by atoms with Gasteiger partial charge in [-0.05, 0) is 6.07 Å². The molecule has 5 heteroatoms. The van der Waals surface area contributed by atoms with Crippen LogP contribution in [0.1, 0.15) is 0 Å².